The number of nitrogens with one attached hydrogen (secondary N) is 2. The fraction of sp³-hybridized carbons (Fsp3) is 0.133. The number of rotatable bonds is 2. The molecule has 2 amide bonds. The van der Waals surface area contributed by atoms with Crippen molar-refractivity contribution in [3.05, 3.63) is 63.9 Å². The van der Waals surface area contributed by atoms with Crippen molar-refractivity contribution in [3.63, 3.8) is 0 Å². The average Bonchev–Trinajstić information content (AvgIpc) is 2.45. The molecule has 0 atom stereocenters. The highest BCUT2D eigenvalue weighted by atomic mass is 35.5. The number of amides is 2. The fourth-order valence-electron chi connectivity index (χ4n) is 1.83. The third-order valence-corrected chi connectivity index (χ3v) is 3.13. The maximum absolute atomic E-state index is 12.0. The molecule has 1 heterocycles. The number of hydrogen-bond acceptors (Lipinski definition) is 3. The molecule has 5 nitrogen and oxygen atoms in total. The summed E-state index contributed by atoms with van der Waals surface area (Å²) in [7, 11) is 0. The Morgan fingerprint density at radius 2 is 1.76 bits per heavy atom. The number of hydrazine groups is 1. The van der Waals surface area contributed by atoms with Gasteiger partial charge in [-0.2, -0.15) is 0 Å². The van der Waals surface area contributed by atoms with Crippen LogP contribution < -0.4 is 10.9 Å². The maximum Gasteiger partial charge on any atom is 0.271 e. The van der Waals surface area contributed by atoms with Gasteiger partial charge in [-0.15, -0.1) is 0 Å². The van der Waals surface area contributed by atoms with E-state index in [2.05, 4.69) is 15.8 Å². The van der Waals surface area contributed by atoms with Crippen LogP contribution in [0.5, 0.6) is 0 Å². The van der Waals surface area contributed by atoms with Gasteiger partial charge in [0.15, 0.2) is 0 Å². The number of hydrogen-bond donors (Lipinski definition) is 2. The van der Waals surface area contributed by atoms with Crippen molar-refractivity contribution in [2.75, 3.05) is 0 Å². The predicted molar refractivity (Wildman–Crippen MR) is 80.1 cm³/mol. The second kappa shape index (κ2) is 6.37. The minimum Gasteiger partial charge on any atom is -0.267 e. The number of aromatic nitrogens is 1. The topological polar surface area (TPSA) is 71.1 Å². The summed E-state index contributed by atoms with van der Waals surface area (Å²) >= 11 is 5.64. The van der Waals surface area contributed by atoms with E-state index >= 15 is 0 Å². The molecule has 0 unspecified atom stereocenters. The molecule has 0 aliphatic carbocycles. The molecule has 0 bridgehead atoms. The van der Waals surface area contributed by atoms with E-state index < -0.39 is 5.91 Å². The van der Waals surface area contributed by atoms with E-state index in [1.165, 1.54) is 18.3 Å². The molecule has 2 aromatic rings. The van der Waals surface area contributed by atoms with Crippen LogP contribution in [0.25, 0.3) is 0 Å². The molecule has 0 saturated carbocycles. The zero-order valence-electron chi connectivity index (χ0n) is 11.6. The van der Waals surface area contributed by atoms with Gasteiger partial charge in [0.2, 0.25) is 0 Å². The SMILES string of the molecule is Cc1ccc(C(=O)NNC(=O)c2ccc(Cl)nc2)c(C)c1. The zero-order chi connectivity index (χ0) is 15.4. The van der Waals surface area contributed by atoms with Crippen LogP contribution in [0.2, 0.25) is 5.15 Å². The third kappa shape index (κ3) is 3.79. The Balaban J connectivity index is 2.00. The Bertz CT molecular complexity index is 684. The number of carbonyl (C=O) groups is 2. The largest absolute Gasteiger partial charge is 0.271 e. The van der Waals surface area contributed by atoms with Crippen LogP contribution >= 0.6 is 11.6 Å². The van der Waals surface area contributed by atoms with Crippen LogP contribution in [0.1, 0.15) is 31.8 Å². The van der Waals surface area contributed by atoms with Gasteiger partial charge in [-0.25, -0.2) is 4.98 Å². The Kier molecular flexibility index (Phi) is 4.55. The predicted octanol–water partition coefficient (Wildman–Crippen LogP) is 2.43. The molecular weight excluding hydrogens is 290 g/mol. The van der Waals surface area contributed by atoms with Crippen LogP contribution in [0, 0.1) is 13.8 Å². The summed E-state index contributed by atoms with van der Waals surface area (Å²) in [5, 5.41) is 0.297. The second-order valence-electron chi connectivity index (χ2n) is 4.60. The summed E-state index contributed by atoms with van der Waals surface area (Å²) in [4.78, 5) is 27.6. The van der Waals surface area contributed by atoms with E-state index in [4.69, 9.17) is 11.6 Å². The van der Waals surface area contributed by atoms with E-state index in [0.29, 0.717) is 16.3 Å². The van der Waals surface area contributed by atoms with Crippen LogP contribution in [0.15, 0.2) is 36.5 Å². The van der Waals surface area contributed by atoms with E-state index in [0.717, 1.165) is 11.1 Å². The molecule has 2 N–H and O–H groups in total. The first kappa shape index (κ1) is 15.0. The van der Waals surface area contributed by atoms with Crippen LogP contribution in [-0.2, 0) is 0 Å². The van der Waals surface area contributed by atoms with Crippen molar-refractivity contribution in [1.82, 2.24) is 15.8 Å². The first-order chi connectivity index (χ1) is 9.97. The molecule has 0 spiro atoms. The van der Waals surface area contributed by atoms with Crippen molar-refractivity contribution in [2.24, 2.45) is 0 Å². The number of nitrogens with zero attached hydrogens (tertiary/aromatic N) is 1. The molecule has 108 valence electrons. The number of pyridine rings is 1. The minimum atomic E-state index is -0.461. The summed E-state index contributed by atoms with van der Waals surface area (Å²) in [6.07, 6.45) is 1.33. The highest BCUT2D eigenvalue weighted by Crippen LogP contribution is 2.10. The van der Waals surface area contributed by atoms with Gasteiger partial charge in [0.1, 0.15) is 5.15 Å². The molecule has 1 aromatic carbocycles. The zero-order valence-corrected chi connectivity index (χ0v) is 12.4. The van der Waals surface area contributed by atoms with Crippen molar-refractivity contribution >= 4 is 23.4 Å². The second-order valence-corrected chi connectivity index (χ2v) is 4.98. The summed E-state index contributed by atoms with van der Waals surface area (Å²) in [5.74, 6) is -0.833. The minimum absolute atomic E-state index is 0.297. The van der Waals surface area contributed by atoms with Crippen molar-refractivity contribution < 1.29 is 9.59 Å². The lowest BCUT2D eigenvalue weighted by molar-refractivity contribution is 0.0846. The lowest BCUT2D eigenvalue weighted by Gasteiger charge is -2.09. The average molecular weight is 304 g/mol. The van der Waals surface area contributed by atoms with Gasteiger partial charge in [0.25, 0.3) is 11.8 Å². The number of aryl methyl sites for hydroxylation is 2. The molecule has 0 saturated heterocycles. The third-order valence-electron chi connectivity index (χ3n) is 2.91. The Morgan fingerprint density at radius 3 is 2.38 bits per heavy atom. The van der Waals surface area contributed by atoms with E-state index in [-0.39, 0.29) is 5.91 Å². The normalized spacial score (nSPS) is 10.0. The van der Waals surface area contributed by atoms with Gasteiger partial charge >= 0.3 is 0 Å². The Labute approximate surface area is 127 Å². The molecule has 0 radical (unpaired) electrons. The van der Waals surface area contributed by atoms with E-state index in [9.17, 15) is 9.59 Å². The lowest BCUT2D eigenvalue weighted by Crippen LogP contribution is -2.41. The van der Waals surface area contributed by atoms with Gasteiger partial charge < -0.3 is 0 Å². The lowest BCUT2D eigenvalue weighted by atomic mass is 10.1. The fourth-order valence-corrected chi connectivity index (χ4v) is 1.94. The van der Waals surface area contributed by atoms with Crippen LogP contribution in [0.3, 0.4) is 0 Å². The smallest absolute Gasteiger partial charge is 0.267 e. The van der Waals surface area contributed by atoms with Crippen LogP contribution in [-0.4, -0.2) is 16.8 Å². The van der Waals surface area contributed by atoms with E-state index in [1.807, 2.05) is 26.0 Å². The van der Waals surface area contributed by atoms with Crippen LogP contribution in [0.4, 0.5) is 0 Å². The number of halogens is 1. The molecule has 0 fully saturated rings. The number of carbonyl (C=O) groups excluding carboxylic acids is 2. The first-order valence-corrected chi connectivity index (χ1v) is 6.64. The quantitative estimate of drug-likeness (QED) is 0.661. The molecule has 6 heteroatoms. The van der Waals surface area contributed by atoms with E-state index in [1.54, 1.807) is 6.07 Å². The molecule has 0 aliphatic heterocycles. The Morgan fingerprint density at radius 1 is 1.05 bits per heavy atom. The summed E-state index contributed by atoms with van der Waals surface area (Å²) in [6.45, 7) is 3.79. The Hall–Kier alpha value is -2.40. The standard InChI is InChI=1S/C15H14ClN3O2/c1-9-3-5-12(10(2)7-9)15(21)19-18-14(20)11-4-6-13(16)17-8-11/h3-8H,1-2H3,(H,18,20)(H,19,21). The first-order valence-electron chi connectivity index (χ1n) is 6.27. The van der Waals surface area contributed by atoms with Gasteiger partial charge in [-0.3, -0.25) is 20.4 Å². The van der Waals surface area contributed by atoms with Gasteiger partial charge in [-0.05, 0) is 37.6 Å². The highest BCUT2D eigenvalue weighted by molar-refractivity contribution is 6.29. The van der Waals surface area contributed by atoms with Crippen molar-refractivity contribution in [1.29, 1.82) is 0 Å². The monoisotopic (exact) mass is 303 g/mol. The molecule has 21 heavy (non-hydrogen) atoms. The highest BCUT2D eigenvalue weighted by Gasteiger charge is 2.11. The molecular formula is C15H14ClN3O2. The van der Waals surface area contributed by atoms with Crippen molar-refractivity contribution in [3.8, 4) is 0 Å². The van der Waals surface area contributed by atoms with Gasteiger partial charge in [-0.1, -0.05) is 29.3 Å². The maximum atomic E-state index is 12.0. The molecule has 2 rings (SSSR count). The van der Waals surface area contributed by atoms with Gasteiger partial charge in [0.05, 0.1) is 5.56 Å². The van der Waals surface area contributed by atoms with Crippen molar-refractivity contribution in [2.45, 2.75) is 13.8 Å². The summed E-state index contributed by atoms with van der Waals surface area (Å²) in [5.41, 5.74) is 7.44. The number of benzene rings is 1. The summed E-state index contributed by atoms with van der Waals surface area (Å²) in [6, 6.07) is 8.49. The molecule has 1 aromatic heterocycles. The molecule has 0 aliphatic rings. The van der Waals surface area contributed by atoms with Gasteiger partial charge in [0, 0.05) is 11.8 Å². The summed E-state index contributed by atoms with van der Waals surface area (Å²) < 4.78 is 0.